The molecule has 0 saturated heterocycles. The maximum atomic E-state index is 11.3. The van der Waals surface area contributed by atoms with Crippen molar-refractivity contribution in [3.05, 3.63) is 60.2 Å². The smallest absolute Gasteiger partial charge is 0.225 e. The monoisotopic (exact) mass is 314 g/mol. The molecule has 5 heteroatoms. The normalized spacial score (nSPS) is 9.86. The second-order valence-corrected chi connectivity index (χ2v) is 5.07. The number of rotatable bonds is 5. The highest BCUT2D eigenvalue weighted by molar-refractivity contribution is 7.80. The van der Waals surface area contributed by atoms with Crippen molar-refractivity contribution in [1.82, 2.24) is 5.32 Å². The van der Waals surface area contributed by atoms with Crippen LogP contribution in [0.4, 0.5) is 5.69 Å². The number of nitrogens with one attached hydrogen (secondary N) is 2. The summed E-state index contributed by atoms with van der Waals surface area (Å²) in [5, 5.41) is 5.85. The highest BCUT2D eigenvalue weighted by atomic mass is 32.1. The molecular weight excluding hydrogens is 296 g/mol. The molecule has 4 nitrogen and oxygen atoms in total. The Balaban J connectivity index is 1.92. The molecule has 0 bridgehead atoms. The first-order valence-electron chi connectivity index (χ1n) is 7.05. The molecule has 0 aliphatic carbocycles. The molecule has 0 aliphatic heterocycles. The summed E-state index contributed by atoms with van der Waals surface area (Å²) in [6.45, 7) is 2.28. The standard InChI is InChI=1S/C17H18N2O2S/c1-2-16(20)19-17(22)18-14-9-6-10-15(11-14)21-12-13-7-4-3-5-8-13/h3-11H,2,12H2,1H3,(H2,18,19,20,22). The van der Waals surface area contributed by atoms with Gasteiger partial charge < -0.3 is 15.4 Å². The van der Waals surface area contributed by atoms with Crippen LogP contribution in [0.5, 0.6) is 5.75 Å². The predicted octanol–water partition coefficient (Wildman–Crippen LogP) is 3.49. The van der Waals surface area contributed by atoms with Gasteiger partial charge in [-0.05, 0) is 29.9 Å². The van der Waals surface area contributed by atoms with Crippen molar-refractivity contribution in [2.24, 2.45) is 0 Å². The zero-order valence-corrected chi connectivity index (χ0v) is 13.2. The van der Waals surface area contributed by atoms with Crippen molar-refractivity contribution in [3.8, 4) is 5.75 Å². The van der Waals surface area contributed by atoms with Gasteiger partial charge in [-0.25, -0.2) is 0 Å². The number of ether oxygens (including phenoxy) is 1. The number of amides is 1. The molecule has 2 rings (SSSR count). The van der Waals surface area contributed by atoms with E-state index in [0.29, 0.717) is 13.0 Å². The average Bonchev–Trinajstić information content (AvgIpc) is 2.54. The van der Waals surface area contributed by atoms with Crippen molar-refractivity contribution >= 4 is 28.9 Å². The van der Waals surface area contributed by atoms with Crippen LogP contribution >= 0.6 is 12.2 Å². The van der Waals surface area contributed by atoms with Crippen molar-refractivity contribution in [2.75, 3.05) is 5.32 Å². The topological polar surface area (TPSA) is 50.4 Å². The van der Waals surface area contributed by atoms with Crippen molar-refractivity contribution in [3.63, 3.8) is 0 Å². The molecule has 22 heavy (non-hydrogen) atoms. The Labute approximate surface area is 135 Å². The van der Waals surface area contributed by atoms with Crippen molar-refractivity contribution in [2.45, 2.75) is 20.0 Å². The molecule has 0 aromatic heterocycles. The number of carbonyl (C=O) groups is 1. The second-order valence-electron chi connectivity index (χ2n) is 4.66. The molecule has 2 aromatic carbocycles. The molecule has 2 N–H and O–H groups in total. The number of benzene rings is 2. The summed E-state index contributed by atoms with van der Waals surface area (Å²) < 4.78 is 5.75. The first kappa shape index (κ1) is 16.0. The molecule has 1 amide bonds. The first-order valence-corrected chi connectivity index (χ1v) is 7.46. The van der Waals surface area contributed by atoms with Crippen LogP contribution in [0.2, 0.25) is 0 Å². The molecular formula is C17H18N2O2S. The molecule has 0 aliphatic rings. The maximum Gasteiger partial charge on any atom is 0.225 e. The van der Waals surface area contributed by atoms with Crippen LogP contribution < -0.4 is 15.4 Å². The Hall–Kier alpha value is -2.40. The SMILES string of the molecule is CCC(=O)NC(=S)Nc1cccc(OCc2ccccc2)c1. The van der Waals surface area contributed by atoms with Gasteiger partial charge in [0.1, 0.15) is 12.4 Å². The minimum Gasteiger partial charge on any atom is -0.489 e. The zero-order chi connectivity index (χ0) is 15.8. The molecule has 2 aromatic rings. The van der Waals surface area contributed by atoms with Crippen LogP contribution in [0, 0.1) is 0 Å². The third-order valence-corrected chi connectivity index (χ3v) is 3.12. The molecule has 0 atom stereocenters. The van der Waals surface area contributed by atoms with E-state index in [1.807, 2.05) is 54.6 Å². The molecule has 0 fully saturated rings. The van der Waals surface area contributed by atoms with E-state index in [0.717, 1.165) is 17.0 Å². The first-order chi connectivity index (χ1) is 10.7. The van der Waals surface area contributed by atoms with E-state index >= 15 is 0 Å². The summed E-state index contributed by atoms with van der Waals surface area (Å²) in [6.07, 6.45) is 0.391. The minimum atomic E-state index is -0.117. The van der Waals surface area contributed by atoms with Gasteiger partial charge in [-0.2, -0.15) is 0 Å². The van der Waals surface area contributed by atoms with Gasteiger partial charge in [0.05, 0.1) is 0 Å². The Morgan fingerprint density at radius 3 is 2.64 bits per heavy atom. The van der Waals surface area contributed by atoms with E-state index in [-0.39, 0.29) is 11.0 Å². The van der Waals surface area contributed by atoms with Crippen LogP contribution in [-0.2, 0) is 11.4 Å². The maximum absolute atomic E-state index is 11.3. The summed E-state index contributed by atoms with van der Waals surface area (Å²) in [5.41, 5.74) is 1.87. The van der Waals surface area contributed by atoms with Crippen LogP contribution in [-0.4, -0.2) is 11.0 Å². The molecule has 0 heterocycles. The van der Waals surface area contributed by atoms with Gasteiger partial charge in [0, 0.05) is 18.2 Å². The third-order valence-electron chi connectivity index (χ3n) is 2.91. The number of anilines is 1. The van der Waals surface area contributed by atoms with Gasteiger partial charge in [0.25, 0.3) is 0 Å². The van der Waals surface area contributed by atoms with E-state index in [1.165, 1.54) is 0 Å². The zero-order valence-electron chi connectivity index (χ0n) is 12.3. The highest BCUT2D eigenvalue weighted by Gasteiger charge is 2.03. The molecule has 0 radical (unpaired) electrons. The Morgan fingerprint density at radius 2 is 1.91 bits per heavy atom. The van der Waals surface area contributed by atoms with Gasteiger partial charge in [0.2, 0.25) is 5.91 Å². The van der Waals surface area contributed by atoms with Gasteiger partial charge in [-0.15, -0.1) is 0 Å². The molecule has 0 spiro atoms. The lowest BCUT2D eigenvalue weighted by Gasteiger charge is -2.11. The Kier molecular flexibility index (Phi) is 5.91. The summed E-state index contributed by atoms with van der Waals surface area (Å²) >= 11 is 5.08. The summed E-state index contributed by atoms with van der Waals surface area (Å²) in [7, 11) is 0. The fraction of sp³-hybridized carbons (Fsp3) is 0.176. The summed E-state index contributed by atoms with van der Waals surface area (Å²) in [5.74, 6) is 0.618. The van der Waals surface area contributed by atoms with Crippen LogP contribution in [0.1, 0.15) is 18.9 Å². The van der Waals surface area contributed by atoms with Gasteiger partial charge >= 0.3 is 0 Å². The van der Waals surface area contributed by atoms with Crippen LogP contribution in [0.25, 0.3) is 0 Å². The van der Waals surface area contributed by atoms with Gasteiger partial charge in [-0.1, -0.05) is 43.3 Å². The lowest BCUT2D eigenvalue weighted by atomic mass is 10.2. The highest BCUT2D eigenvalue weighted by Crippen LogP contribution is 2.18. The van der Waals surface area contributed by atoms with Gasteiger partial charge in [0.15, 0.2) is 5.11 Å². The fourth-order valence-electron chi connectivity index (χ4n) is 1.78. The average molecular weight is 314 g/mol. The number of hydrogen-bond donors (Lipinski definition) is 2. The third kappa shape index (κ3) is 5.18. The van der Waals surface area contributed by atoms with E-state index in [9.17, 15) is 4.79 Å². The molecule has 0 saturated carbocycles. The lowest BCUT2D eigenvalue weighted by molar-refractivity contribution is -0.119. The lowest BCUT2D eigenvalue weighted by Crippen LogP contribution is -2.33. The van der Waals surface area contributed by atoms with E-state index in [1.54, 1.807) is 6.92 Å². The van der Waals surface area contributed by atoms with E-state index < -0.39 is 0 Å². The largest absolute Gasteiger partial charge is 0.489 e. The summed E-state index contributed by atoms with van der Waals surface area (Å²) in [4.78, 5) is 11.3. The van der Waals surface area contributed by atoms with Gasteiger partial charge in [-0.3, -0.25) is 4.79 Å². The van der Waals surface area contributed by atoms with Crippen molar-refractivity contribution < 1.29 is 9.53 Å². The Morgan fingerprint density at radius 1 is 1.14 bits per heavy atom. The Bertz CT molecular complexity index is 644. The van der Waals surface area contributed by atoms with Crippen LogP contribution in [0.15, 0.2) is 54.6 Å². The number of thiocarbonyl (C=S) groups is 1. The van der Waals surface area contributed by atoms with Crippen LogP contribution in [0.3, 0.4) is 0 Å². The van der Waals surface area contributed by atoms with E-state index in [4.69, 9.17) is 17.0 Å². The quantitative estimate of drug-likeness (QED) is 0.830. The fourth-order valence-corrected chi connectivity index (χ4v) is 2.01. The summed E-state index contributed by atoms with van der Waals surface area (Å²) in [6, 6.07) is 17.4. The predicted molar refractivity (Wildman–Crippen MR) is 91.9 cm³/mol. The van der Waals surface area contributed by atoms with Crippen molar-refractivity contribution in [1.29, 1.82) is 0 Å². The minimum absolute atomic E-state index is 0.117. The molecule has 0 unspecified atom stereocenters. The number of carbonyl (C=O) groups excluding carboxylic acids is 1. The van der Waals surface area contributed by atoms with E-state index in [2.05, 4.69) is 10.6 Å². The molecule has 114 valence electrons. The number of hydrogen-bond acceptors (Lipinski definition) is 3. The second kappa shape index (κ2) is 8.14.